The molecule has 1 nitrogen and oxygen atoms in total. The van der Waals surface area contributed by atoms with Crippen molar-refractivity contribution in [2.45, 2.75) is 24.9 Å². The summed E-state index contributed by atoms with van der Waals surface area (Å²) < 4.78 is 1.07. The average Bonchev–Trinajstić information content (AvgIpc) is 2.49. The molecule has 1 aromatic carbocycles. The van der Waals surface area contributed by atoms with Crippen LogP contribution in [0.4, 0.5) is 0 Å². The number of aliphatic hydroxyl groups excluding tert-OH is 1. The van der Waals surface area contributed by atoms with Crippen molar-refractivity contribution in [2.75, 3.05) is 0 Å². The third-order valence-electron chi connectivity index (χ3n) is 2.81. The van der Waals surface area contributed by atoms with Crippen LogP contribution in [0.5, 0.6) is 0 Å². The Labute approximate surface area is 92.6 Å². The van der Waals surface area contributed by atoms with Crippen LogP contribution in [0.25, 0.3) is 0 Å². The standard InChI is InChI=1S/C12H13BrO/c1-8-2-7-11(14)12(8)9-3-5-10(13)6-4-9/h3-6,11-12,14H,1-2,7H2/t11-,12?/m0/s1. The van der Waals surface area contributed by atoms with Crippen LogP contribution >= 0.6 is 15.9 Å². The topological polar surface area (TPSA) is 20.2 Å². The van der Waals surface area contributed by atoms with Crippen molar-refractivity contribution < 1.29 is 5.11 Å². The Morgan fingerprint density at radius 2 is 1.93 bits per heavy atom. The Morgan fingerprint density at radius 3 is 2.43 bits per heavy atom. The highest BCUT2D eigenvalue weighted by Gasteiger charge is 2.29. The van der Waals surface area contributed by atoms with Crippen LogP contribution in [0.1, 0.15) is 24.3 Å². The minimum absolute atomic E-state index is 0.142. The lowest BCUT2D eigenvalue weighted by atomic mass is 9.93. The summed E-state index contributed by atoms with van der Waals surface area (Å²) in [6.07, 6.45) is 1.55. The van der Waals surface area contributed by atoms with E-state index >= 15 is 0 Å². The van der Waals surface area contributed by atoms with Gasteiger partial charge >= 0.3 is 0 Å². The van der Waals surface area contributed by atoms with Crippen LogP contribution < -0.4 is 0 Å². The van der Waals surface area contributed by atoms with E-state index in [0.717, 1.165) is 22.9 Å². The van der Waals surface area contributed by atoms with E-state index in [2.05, 4.69) is 34.6 Å². The predicted octanol–water partition coefficient (Wildman–Crippen LogP) is 3.24. The van der Waals surface area contributed by atoms with E-state index in [9.17, 15) is 5.11 Å². The van der Waals surface area contributed by atoms with Gasteiger partial charge in [0, 0.05) is 10.4 Å². The van der Waals surface area contributed by atoms with E-state index < -0.39 is 0 Å². The molecule has 0 amide bonds. The van der Waals surface area contributed by atoms with Crippen LogP contribution in [0, 0.1) is 0 Å². The summed E-state index contributed by atoms with van der Waals surface area (Å²) in [6.45, 7) is 4.01. The van der Waals surface area contributed by atoms with Gasteiger partial charge in [0.15, 0.2) is 0 Å². The van der Waals surface area contributed by atoms with Gasteiger partial charge in [-0.25, -0.2) is 0 Å². The number of hydrogen-bond acceptors (Lipinski definition) is 1. The van der Waals surface area contributed by atoms with Crippen LogP contribution in [0.2, 0.25) is 0 Å². The third-order valence-corrected chi connectivity index (χ3v) is 3.34. The molecule has 1 N–H and O–H groups in total. The van der Waals surface area contributed by atoms with E-state index in [0.29, 0.717) is 0 Å². The van der Waals surface area contributed by atoms with Gasteiger partial charge in [-0.3, -0.25) is 0 Å². The molecule has 2 rings (SSSR count). The van der Waals surface area contributed by atoms with E-state index in [1.165, 1.54) is 5.56 Å². The number of rotatable bonds is 1. The van der Waals surface area contributed by atoms with Crippen molar-refractivity contribution in [1.29, 1.82) is 0 Å². The first kappa shape index (κ1) is 9.94. The molecule has 74 valence electrons. The molecule has 1 aromatic rings. The van der Waals surface area contributed by atoms with Crippen molar-refractivity contribution in [3.63, 3.8) is 0 Å². The fourth-order valence-electron chi connectivity index (χ4n) is 2.06. The predicted molar refractivity (Wildman–Crippen MR) is 61.3 cm³/mol. The Kier molecular flexibility index (Phi) is 2.75. The summed E-state index contributed by atoms with van der Waals surface area (Å²) in [6, 6.07) is 8.12. The minimum atomic E-state index is -0.247. The lowest BCUT2D eigenvalue weighted by Crippen LogP contribution is -2.11. The maximum Gasteiger partial charge on any atom is 0.0649 e. The molecule has 1 saturated carbocycles. The highest BCUT2D eigenvalue weighted by atomic mass is 79.9. The summed E-state index contributed by atoms with van der Waals surface area (Å²) in [4.78, 5) is 0. The van der Waals surface area contributed by atoms with E-state index in [1.807, 2.05) is 12.1 Å². The number of hydrogen-bond donors (Lipinski definition) is 1. The molecule has 0 aliphatic heterocycles. The van der Waals surface area contributed by atoms with Crippen LogP contribution in [-0.4, -0.2) is 11.2 Å². The summed E-state index contributed by atoms with van der Waals surface area (Å²) >= 11 is 3.40. The molecule has 0 radical (unpaired) electrons. The summed E-state index contributed by atoms with van der Waals surface area (Å²) in [7, 11) is 0. The number of benzene rings is 1. The fraction of sp³-hybridized carbons (Fsp3) is 0.333. The molecule has 0 aromatic heterocycles. The van der Waals surface area contributed by atoms with E-state index in [4.69, 9.17) is 0 Å². The van der Waals surface area contributed by atoms with Crippen molar-refractivity contribution >= 4 is 15.9 Å². The lowest BCUT2D eigenvalue weighted by Gasteiger charge is -2.16. The van der Waals surface area contributed by atoms with E-state index in [1.54, 1.807) is 0 Å². The molecule has 1 aliphatic rings. The van der Waals surface area contributed by atoms with Crippen molar-refractivity contribution in [2.24, 2.45) is 0 Å². The van der Waals surface area contributed by atoms with E-state index in [-0.39, 0.29) is 12.0 Å². The van der Waals surface area contributed by atoms with Gasteiger partial charge in [-0.15, -0.1) is 0 Å². The molecule has 1 unspecified atom stereocenters. The lowest BCUT2D eigenvalue weighted by molar-refractivity contribution is 0.169. The molecule has 1 aliphatic carbocycles. The third kappa shape index (κ3) is 1.77. The normalized spacial score (nSPS) is 26.9. The molecule has 2 atom stereocenters. The maximum absolute atomic E-state index is 9.81. The van der Waals surface area contributed by atoms with Crippen LogP contribution in [0.15, 0.2) is 40.9 Å². The summed E-state index contributed by atoms with van der Waals surface area (Å²) in [5.74, 6) is 0.142. The zero-order valence-corrected chi connectivity index (χ0v) is 9.50. The second kappa shape index (κ2) is 3.87. The minimum Gasteiger partial charge on any atom is -0.392 e. The van der Waals surface area contributed by atoms with Crippen molar-refractivity contribution in [3.05, 3.63) is 46.5 Å². The van der Waals surface area contributed by atoms with Gasteiger partial charge in [0.05, 0.1) is 6.10 Å². The van der Waals surface area contributed by atoms with Gasteiger partial charge in [-0.05, 0) is 30.5 Å². The molecule has 14 heavy (non-hydrogen) atoms. The van der Waals surface area contributed by atoms with Gasteiger partial charge < -0.3 is 5.11 Å². The zero-order valence-electron chi connectivity index (χ0n) is 7.91. The molecule has 0 heterocycles. The Balaban J connectivity index is 2.30. The monoisotopic (exact) mass is 252 g/mol. The quantitative estimate of drug-likeness (QED) is 0.762. The maximum atomic E-state index is 9.81. The molecule has 0 saturated heterocycles. The highest BCUT2D eigenvalue weighted by Crippen LogP contribution is 2.38. The zero-order chi connectivity index (χ0) is 10.1. The molecule has 0 bridgehead atoms. The first-order chi connectivity index (χ1) is 6.68. The van der Waals surface area contributed by atoms with Gasteiger partial charge in [0.25, 0.3) is 0 Å². The molecule has 1 fully saturated rings. The number of aliphatic hydroxyl groups is 1. The molecular formula is C12H13BrO. The van der Waals surface area contributed by atoms with Crippen molar-refractivity contribution in [1.82, 2.24) is 0 Å². The molecule has 0 spiro atoms. The smallest absolute Gasteiger partial charge is 0.0649 e. The van der Waals surface area contributed by atoms with Crippen molar-refractivity contribution in [3.8, 4) is 0 Å². The second-order valence-electron chi connectivity index (χ2n) is 3.79. The van der Waals surface area contributed by atoms with Gasteiger partial charge in [0.2, 0.25) is 0 Å². The second-order valence-corrected chi connectivity index (χ2v) is 4.71. The van der Waals surface area contributed by atoms with Crippen LogP contribution in [0.3, 0.4) is 0 Å². The largest absolute Gasteiger partial charge is 0.392 e. The van der Waals surface area contributed by atoms with Crippen LogP contribution in [-0.2, 0) is 0 Å². The SMILES string of the molecule is C=C1CC[C@H](O)C1c1ccc(Br)cc1. The fourth-order valence-corrected chi connectivity index (χ4v) is 2.32. The highest BCUT2D eigenvalue weighted by molar-refractivity contribution is 9.10. The molecule has 2 heteroatoms. The Hall–Kier alpha value is -0.600. The first-order valence-electron chi connectivity index (χ1n) is 4.79. The summed E-state index contributed by atoms with van der Waals surface area (Å²) in [5.41, 5.74) is 2.32. The average molecular weight is 253 g/mol. The molecular weight excluding hydrogens is 240 g/mol. The van der Waals surface area contributed by atoms with Gasteiger partial charge in [0.1, 0.15) is 0 Å². The number of halogens is 1. The van der Waals surface area contributed by atoms with Gasteiger partial charge in [-0.1, -0.05) is 40.2 Å². The first-order valence-corrected chi connectivity index (χ1v) is 5.59. The Bertz CT molecular complexity index is 342. The Morgan fingerprint density at radius 1 is 1.29 bits per heavy atom. The van der Waals surface area contributed by atoms with Gasteiger partial charge in [-0.2, -0.15) is 0 Å². The summed E-state index contributed by atoms with van der Waals surface area (Å²) in [5, 5.41) is 9.81.